The molecule has 2 fully saturated rings. The molecular formula is C24H25F6N8O4Si. The Morgan fingerprint density at radius 1 is 1.12 bits per heavy atom. The summed E-state index contributed by atoms with van der Waals surface area (Å²) in [6.07, 6.45) is -7.08. The van der Waals surface area contributed by atoms with Crippen LogP contribution in [0.25, 0.3) is 0 Å². The van der Waals surface area contributed by atoms with Gasteiger partial charge >= 0.3 is 12.4 Å². The van der Waals surface area contributed by atoms with Crippen molar-refractivity contribution < 1.29 is 40.7 Å². The fourth-order valence-corrected chi connectivity index (χ4v) is 5.24. The summed E-state index contributed by atoms with van der Waals surface area (Å²) in [5.41, 5.74) is -4.62. The third-order valence-electron chi connectivity index (χ3n) is 7.09. The fraction of sp³-hybridized carbons (Fsp3) is 0.583. The van der Waals surface area contributed by atoms with Gasteiger partial charge in [0.15, 0.2) is 17.3 Å². The Morgan fingerprint density at radius 2 is 1.84 bits per heavy atom. The lowest BCUT2D eigenvalue weighted by molar-refractivity contribution is -0.141. The van der Waals surface area contributed by atoms with E-state index in [4.69, 9.17) is 4.74 Å². The van der Waals surface area contributed by atoms with Gasteiger partial charge in [0.1, 0.15) is 11.6 Å². The fourth-order valence-electron chi connectivity index (χ4n) is 5.00. The van der Waals surface area contributed by atoms with Crippen molar-refractivity contribution in [3.05, 3.63) is 34.0 Å². The number of hydrogen-bond acceptors (Lipinski definition) is 9. The van der Waals surface area contributed by atoms with Gasteiger partial charge in [-0.2, -0.15) is 31.4 Å². The smallest absolute Gasteiger partial charge is 0.379 e. The molecule has 0 unspecified atom stereocenters. The average molecular weight is 632 g/mol. The Balaban J connectivity index is 1.19. The van der Waals surface area contributed by atoms with Crippen LogP contribution in [-0.2, 0) is 26.7 Å². The van der Waals surface area contributed by atoms with Crippen LogP contribution in [0.1, 0.15) is 37.4 Å². The Hall–Kier alpha value is -3.74. The second-order valence-electron chi connectivity index (χ2n) is 10.6. The van der Waals surface area contributed by atoms with Gasteiger partial charge in [-0.15, -0.1) is 0 Å². The maximum absolute atomic E-state index is 13.4. The number of hydrogen-bond donors (Lipinski definition) is 2. The molecule has 3 aliphatic rings. The number of aromatic nitrogens is 4. The number of halogens is 6. The van der Waals surface area contributed by atoms with Gasteiger partial charge in [0.05, 0.1) is 54.5 Å². The third kappa shape index (κ3) is 6.46. The zero-order valence-corrected chi connectivity index (χ0v) is 23.6. The first-order chi connectivity index (χ1) is 20.1. The Labute approximate surface area is 243 Å². The number of anilines is 3. The minimum absolute atomic E-state index is 0.0177. The lowest BCUT2D eigenvalue weighted by Gasteiger charge is -2.46. The minimum Gasteiger partial charge on any atom is -0.379 e. The molecule has 2 N–H and O–H groups in total. The van der Waals surface area contributed by atoms with E-state index in [1.54, 1.807) is 10.00 Å². The maximum atomic E-state index is 13.4. The second-order valence-corrected chi connectivity index (χ2v) is 11.7. The highest BCUT2D eigenvalue weighted by Gasteiger charge is 2.49. The molecule has 1 saturated carbocycles. The quantitative estimate of drug-likeness (QED) is 0.253. The largest absolute Gasteiger partial charge is 0.434 e. The van der Waals surface area contributed by atoms with Crippen molar-refractivity contribution >= 4 is 39.4 Å². The van der Waals surface area contributed by atoms with Crippen LogP contribution in [0, 0.1) is 0 Å². The van der Waals surface area contributed by atoms with Crippen molar-refractivity contribution in [2.75, 3.05) is 48.0 Å². The first-order valence-electron chi connectivity index (χ1n) is 13.1. The average Bonchev–Trinajstić information content (AvgIpc) is 3.74. The summed E-state index contributed by atoms with van der Waals surface area (Å²) in [5.74, 6) is -0.772. The maximum Gasteiger partial charge on any atom is 0.434 e. The van der Waals surface area contributed by atoms with Crippen LogP contribution in [0.2, 0.25) is 0 Å². The molecule has 4 heterocycles. The molecule has 43 heavy (non-hydrogen) atoms. The third-order valence-corrected chi connectivity index (χ3v) is 7.36. The molecule has 2 amide bonds. The SMILES string of the molecule is C[C@]([Si])(COCCC(=O)N1CCN2c3ncc(C(F)(F)F)nc3N(C3CC3)C(=O)[C@H]2C1)Nc1cn[nH]c(=O)c1C(F)(F)F. The second kappa shape index (κ2) is 11.1. The molecule has 1 aliphatic carbocycles. The summed E-state index contributed by atoms with van der Waals surface area (Å²) in [5, 5.41) is 6.40. The van der Waals surface area contributed by atoms with Gasteiger partial charge in [0, 0.05) is 24.3 Å². The summed E-state index contributed by atoms with van der Waals surface area (Å²) in [6.45, 7) is 1.44. The molecular weight excluding hydrogens is 606 g/mol. The van der Waals surface area contributed by atoms with E-state index in [1.807, 2.05) is 0 Å². The minimum atomic E-state index is -4.94. The van der Waals surface area contributed by atoms with Crippen molar-refractivity contribution in [3.8, 4) is 0 Å². The van der Waals surface area contributed by atoms with E-state index in [-0.39, 0.29) is 62.9 Å². The van der Waals surface area contributed by atoms with Crippen LogP contribution in [0.15, 0.2) is 17.2 Å². The molecule has 12 nitrogen and oxygen atoms in total. The molecule has 2 atom stereocenters. The summed E-state index contributed by atoms with van der Waals surface area (Å²) >= 11 is 0. The van der Waals surface area contributed by atoms with Crippen molar-refractivity contribution in [1.29, 1.82) is 0 Å². The molecule has 0 spiro atoms. The first kappa shape index (κ1) is 30.7. The monoisotopic (exact) mass is 631 g/mol. The standard InChI is InChI=1S/C24H25F6N8O4Si/c1-22(43,34-13-8-32-35-20(40)17(13)24(28,29)30)11-42-7-4-16(39)36-5-6-37-14(10-36)21(41)38(12-2-3-12)19-18(37)31-9-15(33-19)23(25,26)27/h8-9,12,14H,2-7,10-11H2,1H3,(H2,34,35,40)/t14-,22+/m1/s1. The molecule has 1 saturated heterocycles. The van der Waals surface area contributed by atoms with Gasteiger partial charge in [0.2, 0.25) is 5.91 Å². The highest BCUT2D eigenvalue weighted by Crippen LogP contribution is 2.42. The number of fused-ring (bicyclic) bond motifs is 3. The number of carbonyl (C=O) groups is 2. The van der Waals surface area contributed by atoms with Gasteiger partial charge in [-0.1, -0.05) is 0 Å². The van der Waals surface area contributed by atoms with E-state index in [9.17, 15) is 40.7 Å². The van der Waals surface area contributed by atoms with Gasteiger partial charge in [-0.05, 0) is 19.8 Å². The number of piperazine rings is 1. The number of nitrogens with zero attached hydrogens (tertiary/aromatic N) is 6. The van der Waals surface area contributed by atoms with Crippen LogP contribution in [0.4, 0.5) is 43.7 Å². The number of nitrogens with one attached hydrogen (secondary N) is 2. The van der Waals surface area contributed by atoms with E-state index in [0.717, 1.165) is 6.20 Å². The molecule has 2 aliphatic heterocycles. The molecule has 231 valence electrons. The highest BCUT2D eigenvalue weighted by molar-refractivity contribution is 6.16. The van der Waals surface area contributed by atoms with Crippen molar-refractivity contribution in [2.45, 2.75) is 55.8 Å². The lowest BCUT2D eigenvalue weighted by atomic mass is 10.1. The highest BCUT2D eigenvalue weighted by atomic mass is 28.1. The first-order valence-corrected chi connectivity index (χ1v) is 13.6. The topological polar surface area (TPSA) is 137 Å². The number of carbonyl (C=O) groups excluding carboxylic acids is 2. The lowest BCUT2D eigenvalue weighted by Crippen LogP contribution is -2.64. The predicted octanol–water partition coefficient (Wildman–Crippen LogP) is 1.53. The van der Waals surface area contributed by atoms with E-state index in [0.29, 0.717) is 19.0 Å². The van der Waals surface area contributed by atoms with Crippen LogP contribution in [0.3, 0.4) is 0 Å². The number of rotatable bonds is 8. The van der Waals surface area contributed by atoms with E-state index in [1.165, 1.54) is 16.7 Å². The normalized spacial score (nSPS) is 20.4. The number of ether oxygens (including phenoxy) is 1. The molecule has 2 aromatic rings. The zero-order valence-electron chi connectivity index (χ0n) is 22.6. The van der Waals surface area contributed by atoms with Crippen molar-refractivity contribution in [3.63, 3.8) is 0 Å². The van der Waals surface area contributed by atoms with Gasteiger partial charge in [0.25, 0.3) is 11.5 Å². The zero-order chi connectivity index (χ0) is 31.3. The van der Waals surface area contributed by atoms with Crippen LogP contribution in [0.5, 0.6) is 0 Å². The van der Waals surface area contributed by atoms with Crippen LogP contribution in [-0.4, -0.2) is 97.2 Å². The van der Waals surface area contributed by atoms with Gasteiger partial charge < -0.3 is 19.9 Å². The Bertz CT molecular complexity index is 1460. The summed E-state index contributed by atoms with van der Waals surface area (Å²) in [7, 11) is 3.29. The van der Waals surface area contributed by atoms with Gasteiger partial charge in [-0.3, -0.25) is 19.3 Å². The van der Waals surface area contributed by atoms with E-state index >= 15 is 0 Å². The summed E-state index contributed by atoms with van der Waals surface area (Å²) in [6, 6.07) is -1.13. The van der Waals surface area contributed by atoms with Crippen LogP contribution < -0.4 is 20.7 Å². The number of amides is 2. The number of H-pyrrole nitrogens is 1. The Morgan fingerprint density at radius 3 is 2.49 bits per heavy atom. The molecule has 0 bridgehead atoms. The number of aromatic amines is 1. The van der Waals surface area contributed by atoms with E-state index < -0.39 is 52.0 Å². The predicted molar refractivity (Wildman–Crippen MR) is 138 cm³/mol. The molecule has 3 radical (unpaired) electrons. The van der Waals surface area contributed by atoms with Gasteiger partial charge in [-0.25, -0.2) is 15.1 Å². The number of alkyl halides is 6. The summed E-state index contributed by atoms with van der Waals surface area (Å²) in [4.78, 5) is 50.1. The molecule has 5 rings (SSSR count). The van der Waals surface area contributed by atoms with Crippen molar-refractivity contribution in [1.82, 2.24) is 25.1 Å². The van der Waals surface area contributed by atoms with Crippen molar-refractivity contribution in [2.24, 2.45) is 0 Å². The Kier molecular flexibility index (Phi) is 7.91. The van der Waals surface area contributed by atoms with E-state index in [2.05, 4.69) is 30.6 Å². The molecule has 19 heteroatoms. The molecule has 2 aromatic heterocycles. The molecule has 0 aromatic carbocycles. The van der Waals surface area contributed by atoms with Crippen LogP contribution >= 0.6 is 0 Å². The summed E-state index contributed by atoms with van der Waals surface area (Å²) < 4.78 is 85.4.